The van der Waals surface area contributed by atoms with Gasteiger partial charge in [0.25, 0.3) is 11.6 Å². The summed E-state index contributed by atoms with van der Waals surface area (Å²) in [7, 11) is 0. The van der Waals surface area contributed by atoms with Crippen LogP contribution in [0.1, 0.15) is 47.4 Å². The predicted octanol–water partition coefficient (Wildman–Crippen LogP) is 3.45. The molecule has 0 aliphatic heterocycles. The molecule has 1 fully saturated rings. The van der Waals surface area contributed by atoms with Crippen molar-refractivity contribution >= 4 is 22.7 Å². The number of ether oxygens (including phenoxy) is 1. The van der Waals surface area contributed by atoms with E-state index >= 15 is 0 Å². The van der Waals surface area contributed by atoms with Gasteiger partial charge in [-0.15, -0.1) is 0 Å². The number of nitrogens with zero attached hydrogens (tertiary/aromatic N) is 3. The van der Waals surface area contributed by atoms with Crippen LogP contribution in [-0.2, 0) is 0 Å². The van der Waals surface area contributed by atoms with E-state index in [1.165, 1.54) is 0 Å². The van der Waals surface area contributed by atoms with E-state index in [4.69, 9.17) is 9.26 Å². The van der Waals surface area contributed by atoms with Crippen LogP contribution in [0.5, 0.6) is 5.88 Å². The number of fused-ring (bicyclic) bond motifs is 1. The number of carbonyl (C=O) groups is 1. The van der Waals surface area contributed by atoms with Crippen molar-refractivity contribution in [3.63, 3.8) is 0 Å². The quantitative estimate of drug-likeness (QED) is 0.766. The van der Waals surface area contributed by atoms with Crippen molar-refractivity contribution < 1.29 is 14.1 Å². The Kier molecular flexibility index (Phi) is 3.83. The van der Waals surface area contributed by atoms with Crippen LogP contribution < -0.4 is 10.1 Å². The first-order chi connectivity index (χ1) is 12.2. The zero-order chi connectivity index (χ0) is 17.4. The summed E-state index contributed by atoms with van der Waals surface area (Å²) in [6.45, 7) is 4.14. The summed E-state index contributed by atoms with van der Waals surface area (Å²) in [5.41, 5.74) is 2.97. The lowest BCUT2D eigenvalue weighted by molar-refractivity contribution is 0.102. The van der Waals surface area contributed by atoms with E-state index in [2.05, 4.69) is 20.4 Å². The van der Waals surface area contributed by atoms with Crippen LogP contribution in [0.15, 0.2) is 28.9 Å². The van der Waals surface area contributed by atoms with Gasteiger partial charge in [0.1, 0.15) is 5.69 Å². The molecule has 3 aromatic heterocycles. The minimum atomic E-state index is -0.255. The highest BCUT2D eigenvalue weighted by Gasteiger charge is 2.28. The van der Waals surface area contributed by atoms with E-state index in [9.17, 15) is 4.79 Å². The summed E-state index contributed by atoms with van der Waals surface area (Å²) in [6.07, 6.45) is 3.80. The normalized spacial score (nSPS) is 13.8. The molecule has 0 unspecified atom stereocenters. The molecule has 0 radical (unpaired) electrons. The SMILES string of the molecule is CCOc1ncccc1NC(=O)c1cc(C2CC2)nc2onc(C)c12. The Morgan fingerprint density at radius 2 is 2.28 bits per heavy atom. The second kappa shape index (κ2) is 6.16. The van der Waals surface area contributed by atoms with Gasteiger partial charge < -0.3 is 14.6 Å². The zero-order valence-electron chi connectivity index (χ0n) is 14.1. The van der Waals surface area contributed by atoms with Crippen LogP contribution in [0.2, 0.25) is 0 Å². The fourth-order valence-electron chi connectivity index (χ4n) is 2.81. The molecule has 1 N–H and O–H groups in total. The molecule has 3 heterocycles. The summed E-state index contributed by atoms with van der Waals surface area (Å²) >= 11 is 0. The van der Waals surface area contributed by atoms with Crippen LogP contribution in [0.4, 0.5) is 5.69 Å². The summed E-state index contributed by atoms with van der Waals surface area (Å²) in [6, 6.07) is 5.35. The van der Waals surface area contributed by atoms with Crippen molar-refractivity contribution in [3.8, 4) is 5.88 Å². The van der Waals surface area contributed by atoms with E-state index in [-0.39, 0.29) is 5.91 Å². The Labute approximate surface area is 144 Å². The number of carbonyl (C=O) groups excluding carboxylic acids is 1. The van der Waals surface area contributed by atoms with Crippen LogP contribution in [0.25, 0.3) is 11.1 Å². The third kappa shape index (κ3) is 2.93. The first kappa shape index (κ1) is 15.6. The second-order valence-corrected chi connectivity index (χ2v) is 6.06. The molecule has 1 aliphatic rings. The van der Waals surface area contributed by atoms with Crippen molar-refractivity contribution in [3.05, 3.63) is 41.3 Å². The predicted molar refractivity (Wildman–Crippen MR) is 91.9 cm³/mol. The molecule has 4 rings (SSSR count). The van der Waals surface area contributed by atoms with E-state index < -0.39 is 0 Å². The van der Waals surface area contributed by atoms with Gasteiger partial charge in [0, 0.05) is 17.8 Å². The van der Waals surface area contributed by atoms with Gasteiger partial charge >= 0.3 is 0 Å². The molecule has 3 aromatic rings. The number of nitrogens with one attached hydrogen (secondary N) is 1. The highest BCUT2D eigenvalue weighted by Crippen LogP contribution is 2.40. The largest absolute Gasteiger partial charge is 0.476 e. The van der Waals surface area contributed by atoms with Gasteiger partial charge in [0.15, 0.2) is 0 Å². The fourth-order valence-corrected chi connectivity index (χ4v) is 2.81. The molecule has 0 atom stereocenters. The van der Waals surface area contributed by atoms with Crippen LogP contribution >= 0.6 is 0 Å². The summed E-state index contributed by atoms with van der Waals surface area (Å²) in [5.74, 6) is 0.543. The molecule has 1 amide bonds. The Bertz CT molecular complexity index is 947. The first-order valence-electron chi connectivity index (χ1n) is 8.33. The van der Waals surface area contributed by atoms with Crippen LogP contribution in [0, 0.1) is 6.92 Å². The number of hydrogen-bond acceptors (Lipinski definition) is 6. The van der Waals surface area contributed by atoms with Gasteiger partial charge in [-0.05, 0) is 44.9 Å². The van der Waals surface area contributed by atoms with Gasteiger partial charge in [0.05, 0.1) is 23.3 Å². The molecule has 0 spiro atoms. The third-order valence-corrected chi connectivity index (χ3v) is 4.18. The topological polar surface area (TPSA) is 90.1 Å². The van der Waals surface area contributed by atoms with Crippen molar-refractivity contribution in [1.29, 1.82) is 0 Å². The Balaban J connectivity index is 1.74. The summed E-state index contributed by atoms with van der Waals surface area (Å²) in [5, 5.41) is 7.49. The van der Waals surface area contributed by atoms with Crippen molar-refractivity contribution in [2.45, 2.75) is 32.6 Å². The molecule has 0 aromatic carbocycles. The van der Waals surface area contributed by atoms with E-state index in [0.717, 1.165) is 18.5 Å². The maximum absolute atomic E-state index is 12.9. The first-order valence-corrected chi connectivity index (χ1v) is 8.33. The number of anilines is 1. The molecule has 7 heteroatoms. The van der Waals surface area contributed by atoms with Gasteiger partial charge in [-0.25, -0.2) is 9.97 Å². The lowest BCUT2D eigenvalue weighted by Crippen LogP contribution is -2.14. The van der Waals surface area contributed by atoms with E-state index in [1.54, 1.807) is 25.3 Å². The molecule has 7 nitrogen and oxygen atoms in total. The highest BCUT2D eigenvalue weighted by atomic mass is 16.5. The zero-order valence-corrected chi connectivity index (χ0v) is 14.1. The Hall–Kier alpha value is -2.96. The molecular weight excluding hydrogens is 320 g/mol. The lowest BCUT2D eigenvalue weighted by atomic mass is 10.1. The van der Waals surface area contributed by atoms with Crippen LogP contribution in [-0.4, -0.2) is 27.6 Å². The lowest BCUT2D eigenvalue weighted by Gasteiger charge is -2.11. The van der Waals surface area contributed by atoms with Crippen molar-refractivity contribution in [1.82, 2.24) is 15.1 Å². The molecule has 128 valence electrons. The minimum absolute atomic E-state index is 0.255. The standard InChI is InChI=1S/C18H18N4O3/c1-3-24-17-13(5-4-8-19-17)20-16(23)12-9-14(11-6-7-11)21-18-15(12)10(2)22-25-18/h4-5,8-9,11H,3,6-7H2,1-2H3,(H,20,23). The number of hydrogen-bond donors (Lipinski definition) is 1. The highest BCUT2D eigenvalue weighted by molar-refractivity contribution is 6.12. The van der Waals surface area contributed by atoms with Crippen LogP contribution in [0.3, 0.4) is 0 Å². The summed E-state index contributed by atoms with van der Waals surface area (Å²) in [4.78, 5) is 21.6. The molecule has 1 aliphatic carbocycles. The number of aryl methyl sites for hydroxylation is 1. The molecule has 0 saturated heterocycles. The third-order valence-electron chi connectivity index (χ3n) is 4.18. The molecule has 1 saturated carbocycles. The molecular formula is C18H18N4O3. The average Bonchev–Trinajstić information content (AvgIpc) is 3.40. The molecule has 25 heavy (non-hydrogen) atoms. The monoisotopic (exact) mass is 338 g/mol. The van der Waals surface area contributed by atoms with Gasteiger partial charge in [-0.2, -0.15) is 0 Å². The van der Waals surface area contributed by atoms with E-state index in [0.29, 0.717) is 46.4 Å². The van der Waals surface area contributed by atoms with Gasteiger partial charge in [-0.1, -0.05) is 5.16 Å². The van der Waals surface area contributed by atoms with E-state index in [1.807, 2.05) is 13.0 Å². The molecule has 0 bridgehead atoms. The maximum atomic E-state index is 12.9. The number of amides is 1. The minimum Gasteiger partial charge on any atom is -0.476 e. The maximum Gasteiger partial charge on any atom is 0.259 e. The summed E-state index contributed by atoms with van der Waals surface area (Å²) < 4.78 is 10.8. The van der Waals surface area contributed by atoms with Gasteiger partial charge in [0.2, 0.25) is 5.88 Å². The van der Waals surface area contributed by atoms with Crippen molar-refractivity contribution in [2.75, 3.05) is 11.9 Å². The number of aromatic nitrogens is 3. The fraction of sp³-hybridized carbons (Fsp3) is 0.333. The smallest absolute Gasteiger partial charge is 0.259 e. The Morgan fingerprint density at radius 3 is 3.04 bits per heavy atom. The average molecular weight is 338 g/mol. The number of rotatable bonds is 5. The van der Waals surface area contributed by atoms with Gasteiger partial charge in [-0.3, -0.25) is 4.79 Å². The second-order valence-electron chi connectivity index (χ2n) is 6.06. The number of pyridine rings is 2. The van der Waals surface area contributed by atoms with Crippen molar-refractivity contribution in [2.24, 2.45) is 0 Å². The Morgan fingerprint density at radius 1 is 1.44 bits per heavy atom.